The van der Waals surface area contributed by atoms with Gasteiger partial charge < -0.3 is 15.3 Å². The molecule has 0 spiro atoms. The van der Waals surface area contributed by atoms with E-state index >= 15 is 0 Å². The van der Waals surface area contributed by atoms with Crippen LogP contribution < -0.4 is 5.43 Å². The maximum Gasteiger partial charge on any atom is 0.269 e. The zero-order chi connectivity index (χ0) is 15.0. The molecule has 0 aliphatic carbocycles. The van der Waals surface area contributed by atoms with Gasteiger partial charge in [0.2, 0.25) is 0 Å². The molecule has 0 saturated heterocycles. The highest BCUT2D eigenvalue weighted by Gasteiger charge is 2.37. The summed E-state index contributed by atoms with van der Waals surface area (Å²) in [5, 5.41) is 31.0. The molecule has 4 N–H and O–H groups in total. The summed E-state index contributed by atoms with van der Waals surface area (Å²) in [7, 11) is 0. The number of benzene rings is 2. The molecule has 2 unspecified atom stereocenters. The minimum absolute atomic E-state index is 0.0628. The molecule has 1 aliphatic rings. The van der Waals surface area contributed by atoms with Gasteiger partial charge in [-0.05, 0) is 12.1 Å². The number of hydrazine groups is 1. The van der Waals surface area contributed by atoms with Gasteiger partial charge >= 0.3 is 0 Å². The lowest BCUT2D eigenvalue weighted by Gasteiger charge is -2.24. The largest absolute Gasteiger partial charge is 0.507 e. The molecular weight excluding hydrogens is 272 g/mol. The Bertz CT molecular complexity index is 660. The van der Waals surface area contributed by atoms with Crippen molar-refractivity contribution in [3.05, 3.63) is 65.2 Å². The topological polar surface area (TPSA) is 93.0 Å². The van der Waals surface area contributed by atoms with Gasteiger partial charge in [0, 0.05) is 11.1 Å². The van der Waals surface area contributed by atoms with Crippen molar-refractivity contribution in [3.8, 4) is 5.75 Å². The van der Waals surface area contributed by atoms with Crippen LogP contribution in [0.1, 0.15) is 33.9 Å². The predicted octanol–water partition coefficient (Wildman–Crippen LogP) is 1.03. The van der Waals surface area contributed by atoms with E-state index < -0.39 is 18.4 Å². The normalized spacial score (nSPS) is 21.0. The van der Waals surface area contributed by atoms with E-state index in [0.29, 0.717) is 11.1 Å². The Labute approximate surface area is 120 Å². The molecule has 6 heteroatoms. The van der Waals surface area contributed by atoms with Crippen LogP contribution in [-0.2, 0) is 0 Å². The SMILES string of the molecule is O=C(NN1C(O)c2ccccc2C1O)c1ccccc1O. The summed E-state index contributed by atoms with van der Waals surface area (Å²) in [6, 6.07) is 12.9. The molecule has 6 nitrogen and oxygen atoms in total. The fourth-order valence-electron chi connectivity index (χ4n) is 2.38. The molecule has 1 aliphatic heterocycles. The number of hydrogen-bond acceptors (Lipinski definition) is 5. The molecule has 0 saturated carbocycles. The summed E-state index contributed by atoms with van der Waals surface area (Å²) >= 11 is 0. The number of carbonyl (C=O) groups is 1. The molecule has 3 rings (SSSR count). The fourth-order valence-corrected chi connectivity index (χ4v) is 2.38. The molecular formula is C15H14N2O4. The molecule has 1 amide bonds. The second-order valence-corrected chi connectivity index (χ2v) is 4.74. The first kappa shape index (κ1) is 13.6. The lowest BCUT2D eigenvalue weighted by Crippen LogP contribution is -2.43. The Hall–Kier alpha value is -2.41. The summed E-state index contributed by atoms with van der Waals surface area (Å²) in [6.45, 7) is 0. The number of aliphatic hydroxyl groups is 2. The average molecular weight is 286 g/mol. The van der Waals surface area contributed by atoms with E-state index in [9.17, 15) is 20.1 Å². The number of phenols is 1. The van der Waals surface area contributed by atoms with Crippen molar-refractivity contribution in [1.82, 2.24) is 10.4 Å². The molecule has 0 fully saturated rings. The first-order valence-corrected chi connectivity index (χ1v) is 6.42. The Kier molecular flexibility index (Phi) is 3.34. The zero-order valence-electron chi connectivity index (χ0n) is 11.0. The Balaban J connectivity index is 1.84. The van der Waals surface area contributed by atoms with Crippen molar-refractivity contribution >= 4 is 5.91 Å². The monoisotopic (exact) mass is 286 g/mol. The quantitative estimate of drug-likeness (QED) is 0.662. The molecule has 0 radical (unpaired) electrons. The first-order valence-electron chi connectivity index (χ1n) is 6.42. The van der Waals surface area contributed by atoms with E-state index in [4.69, 9.17) is 0 Å². The molecule has 0 bridgehead atoms. The number of fused-ring (bicyclic) bond motifs is 1. The molecule has 2 aromatic rings. The van der Waals surface area contributed by atoms with Crippen LogP contribution >= 0.6 is 0 Å². The molecule has 2 aromatic carbocycles. The molecule has 0 aromatic heterocycles. The Morgan fingerprint density at radius 3 is 2.05 bits per heavy atom. The van der Waals surface area contributed by atoms with Crippen LogP contribution in [0.4, 0.5) is 0 Å². The number of amides is 1. The van der Waals surface area contributed by atoms with Crippen LogP contribution in [0, 0.1) is 0 Å². The van der Waals surface area contributed by atoms with Gasteiger partial charge in [-0.2, -0.15) is 5.01 Å². The number of rotatable bonds is 2. The second kappa shape index (κ2) is 5.17. The van der Waals surface area contributed by atoms with Crippen LogP contribution in [0.15, 0.2) is 48.5 Å². The minimum atomic E-state index is -1.15. The number of nitrogens with zero attached hydrogens (tertiary/aromatic N) is 1. The first-order chi connectivity index (χ1) is 10.1. The number of para-hydroxylation sites is 1. The predicted molar refractivity (Wildman–Crippen MR) is 73.8 cm³/mol. The van der Waals surface area contributed by atoms with Crippen LogP contribution in [0.2, 0.25) is 0 Å². The third-order valence-electron chi connectivity index (χ3n) is 3.46. The average Bonchev–Trinajstić information content (AvgIpc) is 2.73. The lowest BCUT2D eigenvalue weighted by molar-refractivity contribution is -0.109. The van der Waals surface area contributed by atoms with Gasteiger partial charge in [-0.3, -0.25) is 10.2 Å². The highest BCUT2D eigenvalue weighted by atomic mass is 16.3. The number of nitrogens with one attached hydrogen (secondary N) is 1. The van der Waals surface area contributed by atoms with Crippen molar-refractivity contribution < 1.29 is 20.1 Å². The van der Waals surface area contributed by atoms with Gasteiger partial charge in [0.25, 0.3) is 5.91 Å². The van der Waals surface area contributed by atoms with E-state index in [1.807, 2.05) is 0 Å². The van der Waals surface area contributed by atoms with Crippen LogP contribution in [0.25, 0.3) is 0 Å². The second-order valence-electron chi connectivity index (χ2n) is 4.74. The summed E-state index contributed by atoms with van der Waals surface area (Å²) in [5.74, 6) is -0.783. The van der Waals surface area contributed by atoms with Gasteiger partial charge in [-0.1, -0.05) is 36.4 Å². The van der Waals surface area contributed by atoms with Crippen molar-refractivity contribution in [3.63, 3.8) is 0 Å². The van der Waals surface area contributed by atoms with Gasteiger partial charge in [0.15, 0.2) is 12.5 Å². The van der Waals surface area contributed by atoms with Gasteiger partial charge in [0.05, 0.1) is 5.56 Å². The van der Waals surface area contributed by atoms with Gasteiger partial charge in [-0.15, -0.1) is 0 Å². The third-order valence-corrected chi connectivity index (χ3v) is 3.46. The molecule has 2 atom stereocenters. The molecule has 1 heterocycles. The summed E-state index contributed by atoms with van der Waals surface area (Å²) in [5.41, 5.74) is 3.54. The van der Waals surface area contributed by atoms with Crippen LogP contribution in [0.3, 0.4) is 0 Å². The van der Waals surface area contributed by atoms with Crippen LogP contribution in [-0.4, -0.2) is 26.2 Å². The number of hydrogen-bond donors (Lipinski definition) is 4. The number of aromatic hydroxyl groups is 1. The van der Waals surface area contributed by atoms with E-state index in [1.165, 1.54) is 12.1 Å². The number of carbonyl (C=O) groups excluding carboxylic acids is 1. The van der Waals surface area contributed by atoms with Gasteiger partial charge in [-0.25, -0.2) is 0 Å². The lowest BCUT2D eigenvalue weighted by atomic mass is 10.1. The van der Waals surface area contributed by atoms with Crippen molar-refractivity contribution in [2.45, 2.75) is 12.5 Å². The van der Waals surface area contributed by atoms with E-state index in [0.717, 1.165) is 5.01 Å². The molecule has 108 valence electrons. The summed E-state index contributed by atoms with van der Waals surface area (Å²) < 4.78 is 0. The van der Waals surface area contributed by atoms with Crippen molar-refractivity contribution in [1.29, 1.82) is 0 Å². The fraction of sp³-hybridized carbons (Fsp3) is 0.133. The highest BCUT2D eigenvalue weighted by molar-refractivity contribution is 5.96. The van der Waals surface area contributed by atoms with E-state index in [1.54, 1.807) is 36.4 Å². The minimum Gasteiger partial charge on any atom is -0.507 e. The Morgan fingerprint density at radius 1 is 0.952 bits per heavy atom. The zero-order valence-corrected chi connectivity index (χ0v) is 11.0. The number of phenolic OH excluding ortho intramolecular Hbond substituents is 1. The smallest absolute Gasteiger partial charge is 0.269 e. The highest BCUT2D eigenvalue weighted by Crippen LogP contribution is 2.37. The van der Waals surface area contributed by atoms with Gasteiger partial charge in [0.1, 0.15) is 5.75 Å². The standard InChI is InChI=1S/C15H14N2O4/c18-12-8-4-3-7-11(12)13(19)16-17-14(20)9-5-1-2-6-10(9)15(17)21/h1-8,14-15,18,20-21H,(H,16,19). The van der Waals surface area contributed by atoms with Crippen molar-refractivity contribution in [2.24, 2.45) is 0 Å². The van der Waals surface area contributed by atoms with Crippen LogP contribution in [0.5, 0.6) is 5.75 Å². The number of aliphatic hydroxyl groups excluding tert-OH is 2. The summed E-state index contributed by atoms with van der Waals surface area (Å²) in [6.07, 6.45) is -2.29. The van der Waals surface area contributed by atoms with Crippen molar-refractivity contribution in [2.75, 3.05) is 0 Å². The summed E-state index contributed by atoms with van der Waals surface area (Å²) in [4.78, 5) is 12.1. The molecule has 21 heavy (non-hydrogen) atoms. The Morgan fingerprint density at radius 2 is 1.48 bits per heavy atom. The van der Waals surface area contributed by atoms with E-state index in [2.05, 4.69) is 5.43 Å². The maximum atomic E-state index is 12.1. The van der Waals surface area contributed by atoms with E-state index in [-0.39, 0.29) is 11.3 Å². The maximum absolute atomic E-state index is 12.1. The third kappa shape index (κ3) is 2.25.